The zero-order valence-electron chi connectivity index (χ0n) is 7.26. The van der Waals surface area contributed by atoms with Gasteiger partial charge in [0, 0.05) is 11.9 Å². The normalized spacial score (nSPS) is 14.2. The zero-order chi connectivity index (χ0) is 9.26. The number of halogens is 1. The maximum Gasteiger partial charge on any atom is 0.103 e. The monoisotopic (exact) mass is 238 g/mol. The summed E-state index contributed by atoms with van der Waals surface area (Å²) in [5.74, 6) is 0.959. The minimum absolute atomic E-state index is 0.946. The fourth-order valence-corrected chi connectivity index (χ4v) is 1.88. The second-order valence-corrected chi connectivity index (χ2v) is 3.72. The molecule has 3 heteroatoms. The summed E-state index contributed by atoms with van der Waals surface area (Å²) >= 11 is 3.43. The molecule has 0 unspecified atom stereocenters. The van der Waals surface area contributed by atoms with Crippen molar-refractivity contribution >= 4 is 27.3 Å². The molecular formula is C10H11BrN2. The van der Waals surface area contributed by atoms with Crippen LogP contribution in [-0.4, -0.2) is 11.9 Å². The van der Waals surface area contributed by atoms with Gasteiger partial charge in [0.15, 0.2) is 0 Å². The second kappa shape index (κ2) is 3.42. The van der Waals surface area contributed by atoms with Crippen LogP contribution in [0, 0.1) is 0 Å². The number of anilines is 2. The van der Waals surface area contributed by atoms with Gasteiger partial charge in [-0.2, -0.15) is 0 Å². The smallest absolute Gasteiger partial charge is 0.103 e. The van der Waals surface area contributed by atoms with Crippen molar-refractivity contribution in [1.29, 1.82) is 0 Å². The molecule has 0 saturated carbocycles. The van der Waals surface area contributed by atoms with Gasteiger partial charge in [0.25, 0.3) is 0 Å². The van der Waals surface area contributed by atoms with Crippen molar-refractivity contribution in [1.82, 2.24) is 0 Å². The first-order valence-electron chi connectivity index (χ1n) is 4.21. The summed E-state index contributed by atoms with van der Waals surface area (Å²) in [5.41, 5.74) is 2.36. The van der Waals surface area contributed by atoms with E-state index in [1.807, 2.05) is 12.1 Å². The van der Waals surface area contributed by atoms with Gasteiger partial charge >= 0.3 is 0 Å². The van der Waals surface area contributed by atoms with Crippen LogP contribution in [-0.2, 0) is 0 Å². The van der Waals surface area contributed by atoms with E-state index in [1.54, 1.807) is 0 Å². The van der Waals surface area contributed by atoms with Gasteiger partial charge in [0.1, 0.15) is 5.82 Å². The molecule has 0 aliphatic carbocycles. The van der Waals surface area contributed by atoms with E-state index in [2.05, 4.69) is 44.9 Å². The molecule has 0 amide bonds. The molecular weight excluding hydrogens is 228 g/mol. The Morgan fingerprint density at radius 3 is 2.92 bits per heavy atom. The number of hydrogen-bond donors (Lipinski definition) is 1. The highest BCUT2D eigenvalue weighted by molar-refractivity contribution is 9.09. The third-order valence-corrected chi connectivity index (χ3v) is 2.46. The molecule has 2 nitrogen and oxygen atoms in total. The van der Waals surface area contributed by atoms with Crippen LogP contribution < -0.4 is 10.2 Å². The number of fused-ring (bicyclic) bond motifs is 1. The molecule has 0 aromatic heterocycles. The predicted octanol–water partition coefficient (Wildman–Crippen LogP) is 2.78. The van der Waals surface area contributed by atoms with E-state index in [1.165, 1.54) is 5.69 Å². The largest absolute Gasteiger partial charge is 0.340 e. The standard InChI is InChI=1S/C10H11BrN2/c1-8-12-9-4-2-3-5-10(9)13(8)7-6-11/h2-5,12H,1,6-7H2. The lowest BCUT2D eigenvalue weighted by molar-refractivity contribution is 1.01. The van der Waals surface area contributed by atoms with E-state index >= 15 is 0 Å². The fourth-order valence-electron chi connectivity index (χ4n) is 1.52. The van der Waals surface area contributed by atoms with Crippen LogP contribution in [0.25, 0.3) is 0 Å². The van der Waals surface area contributed by atoms with E-state index in [-0.39, 0.29) is 0 Å². The van der Waals surface area contributed by atoms with Crippen molar-refractivity contribution in [2.75, 3.05) is 22.1 Å². The molecule has 0 radical (unpaired) electrons. The summed E-state index contributed by atoms with van der Waals surface area (Å²) in [5, 5.41) is 4.19. The van der Waals surface area contributed by atoms with E-state index in [0.29, 0.717) is 0 Å². The number of hydrogen-bond acceptors (Lipinski definition) is 2. The van der Waals surface area contributed by atoms with Crippen molar-refractivity contribution in [3.8, 4) is 0 Å². The third-order valence-electron chi connectivity index (χ3n) is 2.11. The summed E-state index contributed by atoms with van der Waals surface area (Å²) in [6, 6.07) is 8.23. The lowest BCUT2D eigenvalue weighted by atomic mass is 10.3. The van der Waals surface area contributed by atoms with Crippen molar-refractivity contribution in [3.05, 3.63) is 36.7 Å². The second-order valence-electron chi connectivity index (χ2n) is 2.93. The zero-order valence-corrected chi connectivity index (χ0v) is 8.84. The molecule has 0 fully saturated rings. The van der Waals surface area contributed by atoms with Crippen molar-refractivity contribution in [3.63, 3.8) is 0 Å². The van der Waals surface area contributed by atoms with Gasteiger partial charge in [-0.05, 0) is 12.1 Å². The number of alkyl halides is 1. The number of rotatable bonds is 2. The average molecular weight is 239 g/mol. The molecule has 68 valence electrons. The van der Waals surface area contributed by atoms with Gasteiger partial charge in [0.05, 0.1) is 11.4 Å². The van der Waals surface area contributed by atoms with Crippen LogP contribution in [0.3, 0.4) is 0 Å². The van der Waals surface area contributed by atoms with E-state index in [4.69, 9.17) is 0 Å². The van der Waals surface area contributed by atoms with Gasteiger partial charge in [-0.3, -0.25) is 0 Å². The Morgan fingerprint density at radius 2 is 2.15 bits per heavy atom. The topological polar surface area (TPSA) is 15.3 Å². The molecule has 13 heavy (non-hydrogen) atoms. The Hall–Kier alpha value is -0.960. The van der Waals surface area contributed by atoms with Crippen LogP contribution in [0.1, 0.15) is 0 Å². The highest BCUT2D eigenvalue weighted by Crippen LogP contribution is 2.34. The highest BCUT2D eigenvalue weighted by Gasteiger charge is 2.20. The Bertz CT molecular complexity index is 335. The molecule has 0 spiro atoms. The van der Waals surface area contributed by atoms with Crippen LogP contribution in [0.2, 0.25) is 0 Å². The molecule has 1 heterocycles. The maximum atomic E-state index is 3.96. The first-order valence-corrected chi connectivity index (χ1v) is 5.33. The van der Waals surface area contributed by atoms with Gasteiger partial charge in [0.2, 0.25) is 0 Å². The maximum absolute atomic E-state index is 3.96. The number of para-hydroxylation sites is 2. The minimum atomic E-state index is 0.946. The Morgan fingerprint density at radius 1 is 1.38 bits per heavy atom. The molecule has 2 rings (SSSR count). The Kier molecular flexibility index (Phi) is 2.27. The molecule has 0 atom stereocenters. The summed E-state index contributed by atoms with van der Waals surface area (Å²) in [7, 11) is 0. The van der Waals surface area contributed by atoms with Gasteiger partial charge in [-0.1, -0.05) is 34.6 Å². The lowest BCUT2D eigenvalue weighted by Crippen LogP contribution is -2.21. The molecule has 1 aromatic rings. The highest BCUT2D eigenvalue weighted by atomic mass is 79.9. The van der Waals surface area contributed by atoms with Crippen LogP contribution in [0.5, 0.6) is 0 Å². The number of nitrogens with zero attached hydrogens (tertiary/aromatic N) is 1. The summed E-state index contributed by atoms with van der Waals surface area (Å²) in [6.45, 7) is 4.91. The van der Waals surface area contributed by atoms with Crippen molar-refractivity contribution in [2.45, 2.75) is 0 Å². The van der Waals surface area contributed by atoms with Gasteiger partial charge in [-0.25, -0.2) is 0 Å². The number of nitrogens with one attached hydrogen (secondary N) is 1. The molecule has 1 aromatic carbocycles. The van der Waals surface area contributed by atoms with Crippen molar-refractivity contribution in [2.24, 2.45) is 0 Å². The summed E-state index contributed by atoms with van der Waals surface area (Å²) in [4.78, 5) is 2.17. The van der Waals surface area contributed by atoms with Crippen LogP contribution >= 0.6 is 15.9 Å². The van der Waals surface area contributed by atoms with E-state index in [9.17, 15) is 0 Å². The Balaban J connectivity index is 2.35. The third kappa shape index (κ3) is 1.44. The van der Waals surface area contributed by atoms with Crippen LogP contribution in [0.4, 0.5) is 11.4 Å². The van der Waals surface area contributed by atoms with Gasteiger partial charge in [-0.15, -0.1) is 0 Å². The van der Waals surface area contributed by atoms with Gasteiger partial charge < -0.3 is 10.2 Å². The summed E-state index contributed by atoms with van der Waals surface area (Å²) < 4.78 is 0. The Labute approximate surface area is 86.4 Å². The van der Waals surface area contributed by atoms with Crippen molar-refractivity contribution < 1.29 is 0 Å². The lowest BCUT2D eigenvalue weighted by Gasteiger charge is -2.17. The first kappa shape index (κ1) is 8.63. The summed E-state index contributed by atoms with van der Waals surface area (Å²) in [6.07, 6.45) is 0. The average Bonchev–Trinajstić information content (AvgIpc) is 2.44. The molecule has 1 aliphatic rings. The number of benzene rings is 1. The first-order chi connectivity index (χ1) is 6.33. The quantitative estimate of drug-likeness (QED) is 0.798. The molecule has 1 aliphatic heterocycles. The SMILES string of the molecule is C=C1Nc2ccccc2N1CCBr. The molecule has 0 bridgehead atoms. The van der Waals surface area contributed by atoms with E-state index < -0.39 is 0 Å². The molecule has 0 saturated heterocycles. The van der Waals surface area contributed by atoms with Crippen LogP contribution in [0.15, 0.2) is 36.7 Å². The predicted molar refractivity (Wildman–Crippen MR) is 60.3 cm³/mol. The minimum Gasteiger partial charge on any atom is -0.340 e. The fraction of sp³-hybridized carbons (Fsp3) is 0.200. The molecule has 1 N–H and O–H groups in total. The van der Waals surface area contributed by atoms with E-state index in [0.717, 1.165) is 23.4 Å².